The van der Waals surface area contributed by atoms with E-state index in [0.717, 1.165) is 12.5 Å². The van der Waals surface area contributed by atoms with Crippen LogP contribution >= 0.6 is 0 Å². The molecule has 1 aromatic carbocycles. The Balaban J connectivity index is 2.02. The summed E-state index contributed by atoms with van der Waals surface area (Å²) in [7, 11) is 2.07. The molecular formula is C18H24N2. The molecule has 0 amide bonds. The topological polar surface area (TPSA) is 24.9 Å². The summed E-state index contributed by atoms with van der Waals surface area (Å²) < 4.78 is 0. The predicted octanol–water partition coefficient (Wildman–Crippen LogP) is 4.12. The van der Waals surface area contributed by atoms with E-state index >= 15 is 0 Å². The van der Waals surface area contributed by atoms with Gasteiger partial charge >= 0.3 is 0 Å². The molecule has 1 fully saturated rings. The standard InChI is InChI=1S/C18H24N2/c1-19-11-14-7-3-2-4-9-16(14)18-13-20-12-15-8-5-6-10-17(15)18/h5-6,8,10,12-14,16,19H,2-4,7,9,11H2,1H3. The second-order valence-corrected chi connectivity index (χ2v) is 6.01. The number of nitrogens with zero attached hydrogens (tertiary/aromatic N) is 1. The van der Waals surface area contributed by atoms with Gasteiger partial charge in [0.2, 0.25) is 0 Å². The lowest BCUT2D eigenvalue weighted by Gasteiger charge is -2.26. The van der Waals surface area contributed by atoms with E-state index in [-0.39, 0.29) is 0 Å². The van der Waals surface area contributed by atoms with E-state index in [4.69, 9.17) is 0 Å². The second kappa shape index (κ2) is 6.36. The molecule has 1 heterocycles. The monoisotopic (exact) mass is 268 g/mol. The predicted molar refractivity (Wildman–Crippen MR) is 85.0 cm³/mol. The van der Waals surface area contributed by atoms with Crippen molar-refractivity contribution in [3.63, 3.8) is 0 Å². The molecule has 2 nitrogen and oxygen atoms in total. The third kappa shape index (κ3) is 2.71. The van der Waals surface area contributed by atoms with Crippen molar-refractivity contribution in [3.8, 4) is 0 Å². The summed E-state index contributed by atoms with van der Waals surface area (Å²) in [4.78, 5) is 4.49. The van der Waals surface area contributed by atoms with Crippen LogP contribution in [0.2, 0.25) is 0 Å². The molecule has 1 aromatic heterocycles. The van der Waals surface area contributed by atoms with Crippen LogP contribution < -0.4 is 5.32 Å². The summed E-state index contributed by atoms with van der Waals surface area (Å²) in [6, 6.07) is 8.69. The van der Waals surface area contributed by atoms with Crippen molar-refractivity contribution in [1.29, 1.82) is 0 Å². The normalized spacial score (nSPS) is 23.6. The SMILES string of the molecule is CNCC1CCCCCC1c1cncc2ccccc12. The fourth-order valence-corrected chi connectivity index (χ4v) is 3.74. The smallest absolute Gasteiger partial charge is 0.0346 e. The van der Waals surface area contributed by atoms with Crippen LogP contribution in [0.5, 0.6) is 0 Å². The Morgan fingerprint density at radius 3 is 2.85 bits per heavy atom. The van der Waals surface area contributed by atoms with Gasteiger partial charge in [0.1, 0.15) is 0 Å². The molecule has 0 saturated heterocycles. The van der Waals surface area contributed by atoms with Crippen LogP contribution in [0, 0.1) is 5.92 Å². The molecule has 2 heteroatoms. The highest BCUT2D eigenvalue weighted by Crippen LogP contribution is 2.38. The van der Waals surface area contributed by atoms with Crippen LogP contribution in [0.1, 0.15) is 43.6 Å². The van der Waals surface area contributed by atoms with E-state index in [1.165, 1.54) is 48.4 Å². The first kappa shape index (κ1) is 13.6. The van der Waals surface area contributed by atoms with Gasteiger partial charge < -0.3 is 5.32 Å². The largest absolute Gasteiger partial charge is 0.319 e. The third-order valence-electron chi connectivity index (χ3n) is 4.72. The zero-order valence-corrected chi connectivity index (χ0v) is 12.3. The van der Waals surface area contributed by atoms with E-state index in [2.05, 4.69) is 47.8 Å². The maximum absolute atomic E-state index is 4.49. The highest BCUT2D eigenvalue weighted by atomic mass is 14.8. The molecule has 1 saturated carbocycles. The number of hydrogen-bond acceptors (Lipinski definition) is 2. The lowest BCUT2D eigenvalue weighted by Crippen LogP contribution is -2.24. The maximum atomic E-state index is 4.49. The fraction of sp³-hybridized carbons (Fsp3) is 0.500. The van der Waals surface area contributed by atoms with Crippen molar-refractivity contribution < 1.29 is 0 Å². The Bertz CT molecular complexity index is 559. The minimum absolute atomic E-state index is 0.656. The molecule has 3 rings (SSSR count). The summed E-state index contributed by atoms with van der Waals surface area (Å²) >= 11 is 0. The molecule has 20 heavy (non-hydrogen) atoms. The molecular weight excluding hydrogens is 244 g/mol. The van der Waals surface area contributed by atoms with Gasteiger partial charge in [0.05, 0.1) is 0 Å². The average Bonchev–Trinajstić information content (AvgIpc) is 2.73. The maximum Gasteiger partial charge on any atom is 0.0346 e. The fourth-order valence-electron chi connectivity index (χ4n) is 3.74. The molecule has 0 radical (unpaired) electrons. The summed E-state index contributed by atoms with van der Waals surface area (Å²) in [5.74, 6) is 1.40. The highest BCUT2D eigenvalue weighted by Gasteiger charge is 2.26. The molecule has 0 aliphatic heterocycles. The Hall–Kier alpha value is -1.41. The molecule has 0 spiro atoms. The second-order valence-electron chi connectivity index (χ2n) is 6.01. The summed E-state index contributed by atoms with van der Waals surface area (Å²) in [6.07, 6.45) is 10.9. The van der Waals surface area contributed by atoms with Gasteiger partial charge in [0.15, 0.2) is 0 Å². The first-order valence-electron chi connectivity index (χ1n) is 7.87. The number of rotatable bonds is 3. The molecule has 106 valence electrons. The van der Waals surface area contributed by atoms with E-state index < -0.39 is 0 Å². The molecule has 1 aliphatic rings. The van der Waals surface area contributed by atoms with E-state index in [0.29, 0.717) is 5.92 Å². The van der Waals surface area contributed by atoms with E-state index in [9.17, 15) is 0 Å². The van der Waals surface area contributed by atoms with Crippen molar-refractivity contribution in [1.82, 2.24) is 10.3 Å². The zero-order chi connectivity index (χ0) is 13.8. The van der Waals surface area contributed by atoms with Gasteiger partial charge in [-0.1, -0.05) is 43.5 Å². The lowest BCUT2D eigenvalue weighted by atomic mass is 9.81. The summed E-state index contributed by atoms with van der Waals surface area (Å²) in [6.45, 7) is 1.12. The van der Waals surface area contributed by atoms with Crippen LogP contribution in [-0.4, -0.2) is 18.6 Å². The zero-order valence-electron chi connectivity index (χ0n) is 12.3. The first-order valence-corrected chi connectivity index (χ1v) is 7.87. The third-order valence-corrected chi connectivity index (χ3v) is 4.72. The molecule has 2 unspecified atom stereocenters. The Kier molecular flexibility index (Phi) is 4.31. The molecule has 1 aliphatic carbocycles. The van der Waals surface area contributed by atoms with E-state index in [1.807, 2.05) is 6.20 Å². The van der Waals surface area contributed by atoms with Crippen molar-refractivity contribution in [2.75, 3.05) is 13.6 Å². The van der Waals surface area contributed by atoms with Gasteiger partial charge in [-0.25, -0.2) is 0 Å². The molecule has 2 atom stereocenters. The first-order chi connectivity index (χ1) is 9.90. The number of hydrogen-bond donors (Lipinski definition) is 1. The number of nitrogens with one attached hydrogen (secondary N) is 1. The van der Waals surface area contributed by atoms with Crippen LogP contribution in [0.3, 0.4) is 0 Å². The van der Waals surface area contributed by atoms with Gasteiger partial charge in [-0.15, -0.1) is 0 Å². The van der Waals surface area contributed by atoms with Crippen LogP contribution in [0.25, 0.3) is 10.8 Å². The number of pyridine rings is 1. The average molecular weight is 268 g/mol. The Morgan fingerprint density at radius 2 is 1.95 bits per heavy atom. The number of aromatic nitrogens is 1. The minimum Gasteiger partial charge on any atom is -0.319 e. The molecule has 0 bridgehead atoms. The summed E-state index contributed by atoms with van der Waals surface area (Å²) in [5.41, 5.74) is 1.46. The molecule has 2 aromatic rings. The van der Waals surface area contributed by atoms with Gasteiger partial charge in [-0.2, -0.15) is 0 Å². The van der Waals surface area contributed by atoms with Crippen molar-refractivity contribution in [2.24, 2.45) is 5.92 Å². The Morgan fingerprint density at radius 1 is 1.10 bits per heavy atom. The van der Waals surface area contributed by atoms with Gasteiger partial charge in [-0.05, 0) is 49.2 Å². The minimum atomic E-state index is 0.656. The van der Waals surface area contributed by atoms with Gasteiger partial charge in [-0.3, -0.25) is 4.98 Å². The van der Waals surface area contributed by atoms with Crippen LogP contribution in [0.4, 0.5) is 0 Å². The van der Waals surface area contributed by atoms with Gasteiger partial charge in [0, 0.05) is 17.8 Å². The highest BCUT2D eigenvalue weighted by molar-refractivity contribution is 5.85. The number of fused-ring (bicyclic) bond motifs is 1. The van der Waals surface area contributed by atoms with Crippen LogP contribution in [0.15, 0.2) is 36.7 Å². The van der Waals surface area contributed by atoms with E-state index in [1.54, 1.807) is 0 Å². The van der Waals surface area contributed by atoms with Gasteiger partial charge in [0.25, 0.3) is 0 Å². The quantitative estimate of drug-likeness (QED) is 0.847. The van der Waals surface area contributed by atoms with Crippen LogP contribution in [-0.2, 0) is 0 Å². The molecule has 1 N–H and O–H groups in total. The lowest BCUT2D eigenvalue weighted by molar-refractivity contribution is 0.387. The van der Waals surface area contributed by atoms with Crippen molar-refractivity contribution in [3.05, 3.63) is 42.2 Å². The summed E-state index contributed by atoms with van der Waals surface area (Å²) in [5, 5.41) is 6.07. The van der Waals surface area contributed by atoms with Crippen molar-refractivity contribution >= 4 is 10.8 Å². The van der Waals surface area contributed by atoms with Crippen molar-refractivity contribution in [2.45, 2.75) is 38.0 Å². The number of benzene rings is 1. The Labute approximate surface area is 121 Å².